The monoisotopic (exact) mass is 454 g/mol. The highest BCUT2D eigenvalue weighted by molar-refractivity contribution is 5.74. The lowest BCUT2D eigenvalue weighted by molar-refractivity contribution is 0.00503. The van der Waals surface area contributed by atoms with Gasteiger partial charge in [-0.05, 0) is 75.9 Å². The first-order valence-corrected chi connectivity index (χ1v) is 11.2. The van der Waals surface area contributed by atoms with Gasteiger partial charge in [0, 0.05) is 19.5 Å². The van der Waals surface area contributed by atoms with Crippen molar-refractivity contribution in [3.8, 4) is 11.5 Å². The normalized spacial score (nSPS) is 11.5. The molecule has 0 fully saturated rings. The smallest absolute Gasteiger partial charge is 0.185 e. The first kappa shape index (κ1) is 25.8. The fourth-order valence-electron chi connectivity index (χ4n) is 3.87. The zero-order chi connectivity index (χ0) is 24.5. The van der Waals surface area contributed by atoms with Crippen molar-refractivity contribution < 1.29 is 9.47 Å². The maximum Gasteiger partial charge on any atom is 0.185 e. The van der Waals surface area contributed by atoms with Crippen molar-refractivity contribution >= 4 is 11.9 Å². The number of benzene rings is 2. The van der Waals surface area contributed by atoms with Crippen molar-refractivity contribution in [2.75, 3.05) is 13.1 Å². The van der Waals surface area contributed by atoms with Gasteiger partial charge in [-0.2, -0.15) is 0 Å². The number of ether oxygens (including phenoxy) is 2. The summed E-state index contributed by atoms with van der Waals surface area (Å²) in [5.41, 5.74) is 12.1. The van der Waals surface area contributed by atoms with Crippen molar-refractivity contribution in [2.45, 2.75) is 58.2 Å². The molecule has 0 heterocycles. The minimum absolute atomic E-state index is 0.0144. The van der Waals surface area contributed by atoms with Crippen LogP contribution in [0.2, 0.25) is 0 Å². The minimum Gasteiger partial charge on any atom is -0.488 e. The predicted octanol–water partition coefficient (Wildman–Crippen LogP) is 3.14. The second-order valence-corrected chi connectivity index (χ2v) is 9.37. The molecule has 0 saturated carbocycles. The van der Waals surface area contributed by atoms with Gasteiger partial charge in [0.2, 0.25) is 0 Å². The Morgan fingerprint density at radius 2 is 1.03 bits per heavy atom. The summed E-state index contributed by atoms with van der Waals surface area (Å²) in [5.74, 6) is 1.59. The Labute approximate surface area is 197 Å². The maximum atomic E-state index is 7.21. The molecular weight excluding hydrogens is 416 g/mol. The van der Waals surface area contributed by atoms with Gasteiger partial charge < -0.3 is 31.6 Å². The van der Waals surface area contributed by atoms with Crippen LogP contribution in [0.15, 0.2) is 48.5 Å². The number of nitrogens with one attached hydrogen (secondary N) is 4. The van der Waals surface area contributed by atoms with E-state index in [0.29, 0.717) is 19.5 Å². The van der Waals surface area contributed by atoms with E-state index < -0.39 is 11.2 Å². The van der Waals surface area contributed by atoms with Gasteiger partial charge in [-0.25, -0.2) is 0 Å². The van der Waals surface area contributed by atoms with E-state index in [1.807, 2.05) is 48.5 Å². The summed E-state index contributed by atoms with van der Waals surface area (Å²) in [6.45, 7) is 9.51. The average molecular weight is 455 g/mol. The van der Waals surface area contributed by atoms with Gasteiger partial charge in [-0.15, -0.1) is 0 Å². The zero-order valence-corrected chi connectivity index (χ0v) is 20.1. The van der Waals surface area contributed by atoms with Crippen LogP contribution in [0.25, 0.3) is 0 Å². The van der Waals surface area contributed by atoms with E-state index in [1.54, 1.807) is 0 Å². The van der Waals surface area contributed by atoms with Crippen LogP contribution >= 0.6 is 0 Å². The van der Waals surface area contributed by atoms with E-state index in [2.05, 4.69) is 38.3 Å². The van der Waals surface area contributed by atoms with Gasteiger partial charge >= 0.3 is 0 Å². The van der Waals surface area contributed by atoms with Crippen LogP contribution in [0, 0.1) is 10.8 Å². The molecule has 0 aliphatic rings. The predicted molar refractivity (Wildman–Crippen MR) is 134 cm³/mol. The van der Waals surface area contributed by atoms with E-state index >= 15 is 0 Å². The van der Waals surface area contributed by atoms with Crippen LogP contribution in [0.1, 0.15) is 45.2 Å². The molecule has 33 heavy (non-hydrogen) atoms. The van der Waals surface area contributed by atoms with Gasteiger partial charge in [0.05, 0.1) is 0 Å². The molecular formula is C25H38N6O2. The molecule has 0 unspecified atom stereocenters. The number of nitrogens with two attached hydrogens (primary N) is 2. The maximum absolute atomic E-state index is 7.21. The molecule has 2 aromatic rings. The van der Waals surface area contributed by atoms with Crippen LogP contribution in [0.4, 0.5) is 0 Å². The lowest BCUT2D eigenvalue weighted by Crippen LogP contribution is -2.41. The second-order valence-electron chi connectivity index (χ2n) is 9.37. The number of rotatable bonds is 12. The Kier molecular flexibility index (Phi) is 8.96. The summed E-state index contributed by atoms with van der Waals surface area (Å²) < 4.78 is 12.5. The van der Waals surface area contributed by atoms with Gasteiger partial charge in [0.1, 0.15) is 22.7 Å². The molecule has 2 aromatic carbocycles. The van der Waals surface area contributed by atoms with Crippen molar-refractivity contribution in [2.24, 2.45) is 11.5 Å². The SMILES string of the molecule is CC(C)(CC(C)(C)Oc1ccc(CCNC(=N)N)cc1)Oc1ccc(CCNC(=N)N)cc1. The van der Waals surface area contributed by atoms with E-state index in [0.717, 1.165) is 35.5 Å². The lowest BCUT2D eigenvalue weighted by atomic mass is 9.92. The van der Waals surface area contributed by atoms with Crippen LogP contribution in [0.5, 0.6) is 11.5 Å². The van der Waals surface area contributed by atoms with Crippen molar-refractivity contribution in [3.05, 3.63) is 59.7 Å². The molecule has 0 saturated heterocycles. The summed E-state index contributed by atoms with van der Waals surface area (Å²) in [7, 11) is 0. The number of hydrogen-bond acceptors (Lipinski definition) is 4. The van der Waals surface area contributed by atoms with Crippen LogP contribution in [-0.2, 0) is 12.8 Å². The minimum atomic E-state index is -0.431. The second kappa shape index (κ2) is 11.4. The third-order valence-corrected chi connectivity index (χ3v) is 4.94. The third-order valence-electron chi connectivity index (χ3n) is 4.94. The molecule has 0 amide bonds. The molecule has 2 rings (SSSR count). The fraction of sp³-hybridized carbons (Fsp3) is 0.440. The molecule has 0 spiro atoms. The van der Waals surface area contributed by atoms with Crippen LogP contribution in [-0.4, -0.2) is 36.2 Å². The summed E-state index contributed by atoms with van der Waals surface area (Å²) >= 11 is 0. The van der Waals surface area contributed by atoms with Gasteiger partial charge in [0.15, 0.2) is 11.9 Å². The summed E-state index contributed by atoms with van der Waals surface area (Å²) in [6.07, 6.45) is 2.26. The van der Waals surface area contributed by atoms with E-state index in [4.69, 9.17) is 31.8 Å². The summed E-state index contributed by atoms with van der Waals surface area (Å²) in [5, 5.41) is 20.0. The molecule has 8 nitrogen and oxygen atoms in total. The molecule has 0 aliphatic carbocycles. The highest BCUT2D eigenvalue weighted by Gasteiger charge is 2.32. The largest absolute Gasteiger partial charge is 0.488 e. The number of guanidine groups is 2. The van der Waals surface area contributed by atoms with Crippen LogP contribution in [0.3, 0.4) is 0 Å². The molecule has 0 radical (unpaired) electrons. The molecule has 8 heteroatoms. The Morgan fingerprint density at radius 3 is 1.33 bits per heavy atom. The molecule has 180 valence electrons. The van der Waals surface area contributed by atoms with Crippen LogP contribution < -0.4 is 31.6 Å². The highest BCUT2D eigenvalue weighted by Crippen LogP contribution is 2.30. The van der Waals surface area contributed by atoms with Gasteiger partial charge in [-0.1, -0.05) is 24.3 Å². The first-order chi connectivity index (χ1) is 15.4. The molecule has 0 aromatic heterocycles. The lowest BCUT2D eigenvalue weighted by Gasteiger charge is -2.35. The Morgan fingerprint density at radius 1 is 0.697 bits per heavy atom. The van der Waals surface area contributed by atoms with Gasteiger partial charge in [-0.3, -0.25) is 10.8 Å². The fourth-order valence-corrected chi connectivity index (χ4v) is 3.87. The highest BCUT2D eigenvalue weighted by atomic mass is 16.5. The average Bonchev–Trinajstić information content (AvgIpc) is 2.68. The standard InChI is InChI=1S/C25H38N6O2/c1-24(2,32-20-9-5-18(6-10-20)13-15-30-22(26)27)17-25(3,4)33-21-11-7-19(8-12-21)14-16-31-23(28)29/h5-12H,13-17H2,1-4H3,(H4,26,27,30)(H4,28,29,31). The Hall–Kier alpha value is -3.42. The number of hydrogen-bond donors (Lipinski definition) is 6. The van der Waals surface area contributed by atoms with E-state index in [9.17, 15) is 0 Å². The van der Waals surface area contributed by atoms with Crippen molar-refractivity contribution in [1.29, 1.82) is 10.8 Å². The topological polar surface area (TPSA) is 142 Å². The molecule has 8 N–H and O–H groups in total. The molecule has 0 atom stereocenters. The summed E-state index contributed by atoms with van der Waals surface area (Å²) in [6, 6.07) is 16.0. The van der Waals surface area contributed by atoms with E-state index in [1.165, 1.54) is 0 Å². The first-order valence-electron chi connectivity index (χ1n) is 11.2. The van der Waals surface area contributed by atoms with Gasteiger partial charge in [0.25, 0.3) is 0 Å². The summed E-state index contributed by atoms with van der Waals surface area (Å²) in [4.78, 5) is 0. The Bertz CT molecular complexity index is 832. The molecule has 0 bridgehead atoms. The molecule has 0 aliphatic heterocycles. The quantitative estimate of drug-likeness (QED) is 0.215. The van der Waals surface area contributed by atoms with Crippen molar-refractivity contribution in [3.63, 3.8) is 0 Å². The third kappa shape index (κ3) is 10.2. The Balaban J connectivity index is 1.88. The van der Waals surface area contributed by atoms with E-state index in [-0.39, 0.29) is 11.9 Å². The van der Waals surface area contributed by atoms with Crippen molar-refractivity contribution in [1.82, 2.24) is 10.6 Å². The zero-order valence-electron chi connectivity index (χ0n) is 20.1.